The number of quaternary nitrogens is 1. The number of rotatable bonds is 10. The molecule has 158 valence electrons. The zero-order valence-corrected chi connectivity index (χ0v) is 17.9. The first-order valence-electron chi connectivity index (χ1n) is 9.36. The second-order valence-electron chi connectivity index (χ2n) is 9.09. The largest absolute Gasteiger partial charge is 0.481 e. The number of amides is 1. The fourth-order valence-electron chi connectivity index (χ4n) is 2.53. The summed E-state index contributed by atoms with van der Waals surface area (Å²) in [7, 11) is 1.90. The van der Waals surface area contributed by atoms with Crippen molar-refractivity contribution in [1.82, 2.24) is 5.32 Å². The molecule has 0 spiro atoms. The molecule has 0 saturated carbocycles. The van der Waals surface area contributed by atoms with Crippen LogP contribution in [0.25, 0.3) is 0 Å². The van der Waals surface area contributed by atoms with Crippen LogP contribution < -0.4 is 5.32 Å². The van der Waals surface area contributed by atoms with Crippen LogP contribution in [0.15, 0.2) is 0 Å². The van der Waals surface area contributed by atoms with E-state index in [2.05, 4.69) is 5.32 Å². The van der Waals surface area contributed by atoms with Gasteiger partial charge in [0.25, 0.3) is 0 Å². The van der Waals surface area contributed by atoms with Gasteiger partial charge in [0, 0.05) is 19.4 Å². The Labute approximate surface area is 162 Å². The normalized spacial score (nSPS) is 14.2. The first kappa shape index (κ1) is 25.2. The van der Waals surface area contributed by atoms with E-state index in [1.165, 1.54) is 0 Å². The molecule has 8 nitrogen and oxygen atoms in total. The third-order valence-corrected chi connectivity index (χ3v) is 3.56. The number of carboxylic acids is 1. The Morgan fingerprint density at radius 1 is 0.926 bits per heavy atom. The number of hydrogen-bond donors (Lipinski definition) is 2. The third kappa shape index (κ3) is 15.0. The molecule has 0 heterocycles. The van der Waals surface area contributed by atoms with Gasteiger partial charge >= 0.3 is 18.0 Å². The molecular weight excluding hydrogens is 352 g/mol. The van der Waals surface area contributed by atoms with Gasteiger partial charge < -0.3 is 24.4 Å². The van der Waals surface area contributed by atoms with Crippen LogP contribution in [0.1, 0.15) is 60.8 Å². The lowest BCUT2D eigenvalue weighted by molar-refractivity contribution is -0.902. The molecule has 0 radical (unpaired) electrons. The molecule has 0 aromatic heterocycles. The summed E-state index contributed by atoms with van der Waals surface area (Å²) >= 11 is 0. The fourth-order valence-corrected chi connectivity index (χ4v) is 2.53. The lowest BCUT2D eigenvalue weighted by Gasteiger charge is -2.34. The zero-order chi connectivity index (χ0) is 21.3. The second-order valence-corrected chi connectivity index (χ2v) is 9.09. The number of ether oxygens (including phenoxy) is 2. The SMILES string of the molecule is CC(C)(C)OC(=O)C[N@@+](C)(CCCNC(=O)OC(C)(C)C)CCCC(=O)O. The highest BCUT2D eigenvalue weighted by Crippen LogP contribution is 2.13. The van der Waals surface area contributed by atoms with Crippen LogP contribution in [0, 0.1) is 0 Å². The highest BCUT2D eigenvalue weighted by molar-refractivity contribution is 5.71. The maximum atomic E-state index is 12.2. The number of likely N-dealkylation sites (N-methyl/N-ethyl adjacent to an activating group) is 1. The molecule has 0 aliphatic carbocycles. The van der Waals surface area contributed by atoms with Gasteiger partial charge in [-0.1, -0.05) is 0 Å². The van der Waals surface area contributed by atoms with Gasteiger partial charge in [-0.05, 0) is 41.5 Å². The van der Waals surface area contributed by atoms with Crippen LogP contribution in [0.3, 0.4) is 0 Å². The minimum atomic E-state index is -0.856. The maximum absolute atomic E-state index is 12.2. The summed E-state index contributed by atoms with van der Waals surface area (Å²) in [6, 6.07) is 0. The van der Waals surface area contributed by atoms with Gasteiger partial charge in [0.1, 0.15) is 11.2 Å². The first-order valence-corrected chi connectivity index (χ1v) is 9.36. The van der Waals surface area contributed by atoms with Gasteiger partial charge in [-0.2, -0.15) is 0 Å². The molecule has 1 amide bonds. The number of alkyl carbamates (subject to hydrolysis) is 1. The number of nitrogens with one attached hydrogen (secondary N) is 1. The molecule has 0 fully saturated rings. The van der Waals surface area contributed by atoms with Crippen LogP contribution in [0.5, 0.6) is 0 Å². The summed E-state index contributed by atoms with van der Waals surface area (Å²) in [5, 5.41) is 11.5. The van der Waals surface area contributed by atoms with E-state index in [1.807, 2.05) is 27.8 Å². The van der Waals surface area contributed by atoms with E-state index in [1.54, 1.807) is 20.8 Å². The van der Waals surface area contributed by atoms with Crippen LogP contribution in [0.2, 0.25) is 0 Å². The topological polar surface area (TPSA) is 102 Å². The summed E-state index contributed by atoms with van der Waals surface area (Å²) < 4.78 is 10.9. The molecule has 0 bridgehead atoms. The molecule has 0 aromatic carbocycles. The minimum absolute atomic E-state index is 0.0539. The third-order valence-electron chi connectivity index (χ3n) is 3.56. The van der Waals surface area contributed by atoms with Crippen molar-refractivity contribution in [3.63, 3.8) is 0 Å². The van der Waals surface area contributed by atoms with E-state index in [0.717, 1.165) is 0 Å². The lowest BCUT2D eigenvalue weighted by atomic mass is 10.2. The number of esters is 1. The highest BCUT2D eigenvalue weighted by Gasteiger charge is 2.28. The summed E-state index contributed by atoms with van der Waals surface area (Å²) in [4.78, 5) is 34.7. The van der Waals surface area contributed by atoms with Crippen LogP contribution in [-0.4, -0.2) is 72.1 Å². The summed E-state index contributed by atoms with van der Waals surface area (Å²) in [5.74, 6) is -1.18. The van der Waals surface area contributed by atoms with Gasteiger partial charge in [0.05, 0.1) is 26.6 Å². The van der Waals surface area contributed by atoms with E-state index in [0.29, 0.717) is 37.0 Å². The second kappa shape index (κ2) is 10.5. The van der Waals surface area contributed by atoms with Crippen molar-refractivity contribution in [3.8, 4) is 0 Å². The predicted molar refractivity (Wildman–Crippen MR) is 102 cm³/mol. The molecular formula is C19H37N2O6+. The zero-order valence-electron chi connectivity index (χ0n) is 17.9. The highest BCUT2D eigenvalue weighted by atomic mass is 16.6. The quantitative estimate of drug-likeness (QED) is 0.338. The van der Waals surface area contributed by atoms with Gasteiger partial charge in [-0.25, -0.2) is 9.59 Å². The van der Waals surface area contributed by atoms with E-state index in [4.69, 9.17) is 14.6 Å². The summed E-state index contributed by atoms with van der Waals surface area (Å²) in [6.45, 7) is 12.5. The molecule has 0 aromatic rings. The van der Waals surface area contributed by atoms with Gasteiger partial charge in [0.15, 0.2) is 6.54 Å². The Hall–Kier alpha value is -1.83. The lowest BCUT2D eigenvalue weighted by Crippen LogP contribution is -2.51. The number of carboxylic acid groups (broad SMARTS) is 1. The Morgan fingerprint density at radius 2 is 1.44 bits per heavy atom. The molecule has 1 atom stereocenters. The number of aliphatic carboxylic acids is 1. The average Bonchev–Trinajstić information content (AvgIpc) is 2.38. The molecule has 8 heteroatoms. The Bertz CT molecular complexity index is 507. The van der Waals surface area contributed by atoms with Gasteiger partial charge in [-0.3, -0.25) is 4.79 Å². The van der Waals surface area contributed by atoms with Crippen LogP contribution in [0.4, 0.5) is 4.79 Å². The number of carbonyl (C=O) groups is 3. The van der Waals surface area contributed by atoms with Gasteiger partial charge in [-0.15, -0.1) is 0 Å². The Balaban J connectivity index is 4.63. The van der Waals surface area contributed by atoms with E-state index in [-0.39, 0.29) is 18.9 Å². The molecule has 0 unspecified atom stereocenters. The monoisotopic (exact) mass is 389 g/mol. The van der Waals surface area contributed by atoms with E-state index in [9.17, 15) is 14.4 Å². The van der Waals surface area contributed by atoms with Crippen molar-refractivity contribution in [2.45, 2.75) is 72.0 Å². The molecule has 0 aliphatic rings. The summed E-state index contributed by atoms with van der Waals surface area (Å²) in [6.07, 6.45) is 0.674. The molecule has 0 saturated heterocycles. The van der Waals surface area contributed by atoms with Crippen LogP contribution >= 0.6 is 0 Å². The molecule has 0 aliphatic heterocycles. The number of nitrogens with zero attached hydrogens (tertiary/aromatic N) is 1. The predicted octanol–water partition coefficient (Wildman–Crippen LogP) is 2.55. The van der Waals surface area contributed by atoms with E-state index < -0.39 is 23.3 Å². The van der Waals surface area contributed by atoms with Crippen molar-refractivity contribution in [2.24, 2.45) is 0 Å². The first-order chi connectivity index (χ1) is 12.1. The standard InChI is InChI=1S/C19H36N2O6/c1-18(2,3)26-16(24)14-21(7,12-8-10-15(22)23)13-9-11-20-17(25)27-19(4,5)6/h8-14H2,1-7H3,(H-,20,22,23,25)/p+1/t21-/m1/s1. The maximum Gasteiger partial charge on any atom is 0.407 e. The average molecular weight is 390 g/mol. The van der Waals surface area contributed by atoms with Crippen LogP contribution in [-0.2, 0) is 19.1 Å². The molecule has 27 heavy (non-hydrogen) atoms. The van der Waals surface area contributed by atoms with Crippen molar-refractivity contribution >= 4 is 18.0 Å². The number of hydrogen-bond acceptors (Lipinski definition) is 5. The Morgan fingerprint density at radius 3 is 1.93 bits per heavy atom. The van der Waals surface area contributed by atoms with Crippen molar-refractivity contribution < 1.29 is 33.4 Å². The van der Waals surface area contributed by atoms with Crippen molar-refractivity contribution in [2.75, 3.05) is 33.2 Å². The van der Waals surface area contributed by atoms with E-state index >= 15 is 0 Å². The summed E-state index contributed by atoms with van der Waals surface area (Å²) in [5.41, 5.74) is -1.12. The molecule has 0 rings (SSSR count). The van der Waals surface area contributed by atoms with Crippen molar-refractivity contribution in [3.05, 3.63) is 0 Å². The smallest absolute Gasteiger partial charge is 0.407 e. The number of carbonyl (C=O) groups excluding carboxylic acids is 2. The van der Waals surface area contributed by atoms with Crippen molar-refractivity contribution in [1.29, 1.82) is 0 Å². The van der Waals surface area contributed by atoms with Gasteiger partial charge in [0.2, 0.25) is 0 Å². The minimum Gasteiger partial charge on any atom is -0.481 e. The molecule has 2 N–H and O–H groups in total. The Kier molecular flexibility index (Phi) is 9.78. The fraction of sp³-hybridized carbons (Fsp3) is 0.842.